The van der Waals surface area contributed by atoms with Crippen molar-refractivity contribution in [2.75, 3.05) is 13.1 Å². The van der Waals surface area contributed by atoms with Gasteiger partial charge in [0.2, 0.25) is 0 Å². The highest BCUT2D eigenvalue weighted by atomic mass is 16.1. The van der Waals surface area contributed by atoms with Gasteiger partial charge in [-0.05, 0) is 32.9 Å². The van der Waals surface area contributed by atoms with Crippen LogP contribution in [0.4, 0.5) is 0 Å². The van der Waals surface area contributed by atoms with Gasteiger partial charge in [0.25, 0.3) is 0 Å². The summed E-state index contributed by atoms with van der Waals surface area (Å²) >= 11 is 0. The summed E-state index contributed by atoms with van der Waals surface area (Å²) in [4.78, 5) is 10.2. The lowest BCUT2D eigenvalue weighted by Crippen LogP contribution is -2.06. The molecule has 0 bridgehead atoms. The number of hydrogen-bond acceptors (Lipinski definition) is 3. The average molecular weight is 174 g/mol. The molecule has 0 aliphatic carbocycles. The number of ketones is 1. The van der Waals surface area contributed by atoms with Crippen LogP contribution in [0.1, 0.15) is 39.5 Å². The van der Waals surface area contributed by atoms with E-state index in [0.29, 0.717) is 5.78 Å². The Kier molecular flexibility index (Phi) is 15.5. The summed E-state index contributed by atoms with van der Waals surface area (Å²) in [5.41, 5.74) is 10.1. The summed E-state index contributed by atoms with van der Waals surface area (Å²) < 4.78 is 0. The van der Waals surface area contributed by atoms with Gasteiger partial charge in [0.1, 0.15) is 5.78 Å². The van der Waals surface area contributed by atoms with Gasteiger partial charge in [-0.1, -0.05) is 13.3 Å². The van der Waals surface area contributed by atoms with Crippen molar-refractivity contribution in [1.82, 2.24) is 0 Å². The van der Waals surface area contributed by atoms with Gasteiger partial charge in [-0.25, -0.2) is 0 Å². The van der Waals surface area contributed by atoms with E-state index < -0.39 is 0 Å². The Morgan fingerprint density at radius 1 is 1.17 bits per heavy atom. The van der Waals surface area contributed by atoms with Gasteiger partial charge < -0.3 is 16.3 Å². The number of hydrogen-bond donors (Lipinski definition) is 2. The molecule has 0 aliphatic rings. The molecule has 0 aromatic rings. The molecule has 0 amide bonds. The third-order valence-corrected chi connectivity index (χ3v) is 1.29. The minimum Gasteiger partial charge on any atom is -0.330 e. The lowest BCUT2D eigenvalue weighted by atomic mass is 10.2. The maximum Gasteiger partial charge on any atom is 0.129 e. The van der Waals surface area contributed by atoms with Gasteiger partial charge in [-0.15, -0.1) is 0 Å². The van der Waals surface area contributed by atoms with E-state index in [1.165, 1.54) is 0 Å². The van der Waals surface area contributed by atoms with Crippen molar-refractivity contribution < 1.29 is 4.79 Å². The SMILES string of the molecule is CCCCC(C)=O.NCCCN. The van der Waals surface area contributed by atoms with E-state index in [-0.39, 0.29) is 0 Å². The minimum absolute atomic E-state index is 0.307. The Labute approximate surface area is 75.5 Å². The average Bonchev–Trinajstić information content (AvgIpc) is 2.03. The topological polar surface area (TPSA) is 69.1 Å². The monoisotopic (exact) mass is 174 g/mol. The molecular weight excluding hydrogens is 152 g/mol. The van der Waals surface area contributed by atoms with Crippen LogP contribution in [0.25, 0.3) is 0 Å². The second-order valence-electron chi connectivity index (χ2n) is 2.74. The summed E-state index contributed by atoms with van der Waals surface area (Å²) in [5, 5.41) is 0. The van der Waals surface area contributed by atoms with Gasteiger partial charge >= 0.3 is 0 Å². The normalized spacial score (nSPS) is 8.67. The number of nitrogens with two attached hydrogens (primary N) is 2. The Morgan fingerprint density at radius 2 is 1.67 bits per heavy atom. The molecular formula is C9H22N2O. The van der Waals surface area contributed by atoms with Crippen LogP contribution in [-0.4, -0.2) is 18.9 Å². The molecule has 0 unspecified atom stereocenters. The van der Waals surface area contributed by atoms with Crippen LogP contribution >= 0.6 is 0 Å². The number of carbonyl (C=O) groups is 1. The lowest BCUT2D eigenvalue weighted by molar-refractivity contribution is -0.117. The quantitative estimate of drug-likeness (QED) is 0.654. The van der Waals surface area contributed by atoms with E-state index in [1.807, 2.05) is 0 Å². The Bertz CT molecular complexity index is 92.5. The maximum absolute atomic E-state index is 10.2. The van der Waals surface area contributed by atoms with Crippen LogP contribution < -0.4 is 11.5 Å². The Balaban J connectivity index is 0. The van der Waals surface area contributed by atoms with E-state index in [1.54, 1.807) is 6.92 Å². The third-order valence-electron chi connectivity index (χ3n) is 1.29. The van der Waals surface area contributed by atoms with Crippen LogP contribution in [-0.2, 0) is 4.79 Å². The molecule has 3 heteroatoms. The van der Waals surface area contributed by atoms with Crippen LogP contribution in [0.5, 0.6) is 0 Å². The molecule has 0 spiro atoms. The molecule has 0 aliphatic heterocycles. The van der Waals surface area contributed by atoms with Crippen LogP contribution in [0, 0.1) is 0 Å². The zero-order chi connectivity index (χ0) is 9.82. The molecule has 4 N–H and O–H groups in total. The van der Waals surface area contributed by atoms with Crippen molar-refractivity contribution in [2.24, 2.45) is 11.5 Å². The van der Waals surface area contributed by atoms with Gasteiger partial charge in [0, 0.05) is 6.42 Å². The van der Waals surface area contributed by atoms with E-state index in [9.17, 15) is 4.79 Å². The Hall–Kier alpha value is -0.410. The highest BCUT2D eigenvalue weighted by Gasteiger charge is 1.87. The fourth-order valence-corrected chi connectivity index (χ4v) is 0.544. The zero-order valence-electron chi connectivity index (χ0n) is 8.31. The second-order valence-corrected chi connectivity index (χ2v) is 2.74. The summed E-state index contributed by atoms with van der Waals surface area (Å²) in [6.45, 7) is 5.16. The number of carbonyl (C=O) groups excluding carboxylic acids is 1. The van der Waals surface area contributed by atoms with Gasteiger partial charge in [-0.3, -0.25) is 0 Å². The van der Waals surface area contributed by atoms with Crippen molar-refractivity contribution in [2.45, 2.75) is 39.5 Å². The van der Waals surface area contributed by atoms with Gasteiger partial charge in [0.15, 0.2) is 0 Å². The molecule has 0 fully saturated rings. The predicted molar refractivity (Wildman–Crippen MR) is 52.9 cm³/mol. The highest BCUT2D eigenvalue weighted by molar-refractivity contribution is 5.75. The maximum atomic E-state index is 10.2. The van der Waals surface area contributed by atoms with E-state index in [2.05, 4.69) is 6.92 Å². The molecule has 74 valence electrons. The van der Waals surface area contributed by atoms with E-state index in [4.69, 9.17) is 11.5 Å². The molecule has 3 nitrogen and oxygen atoms in total. The van der Waals surface area contributed by atoms with Crippen molar-refractivity contribution in [1.29, 1.82) is 0 Å². The van der Waals surface area contributed by atoms with Crippen LogP contribution in [0.15, 0.2) is 0 Å². The predicted octanol–water partition coefficient (Wildman–Crippen LogP) is 1.06. The molecule has 0 rings (SSSR count). The first-order valence-electron chi connectivity index (χ1n) is 4.58. The molecule has 0 heterocycles. The number of Topliss-reactive ketones (excluding diaryl/α,β-unsaturated/α-hetero) is 1. The fraction of sp³-hybridized carbons (Fsp3) is 0.889. The zero-order valence-corrected chi connectivity index (χ0v) is 8.31. The summed E-state index contributed by atoms with van der Waals surface area (Å²) in [5.74, 6) is 0.307. The molecule has 0 atom stereocenters. The van der Waals surface area contributed by atoms with Crippen molar-refractivity contribution in [3.8, 4) is 0 Å². The van der Waals surface area contributed by atoms with Gasteiger partial charge in [-0.2, -0.15) is 0 Å². The second kappa shape index (κ2) is 13.2. The highest BCUT2D eigenvalue weighted by Crippen LogP contribution is 1.92. The summed E-state index contributed by atoms with van der Waals surface area (Å²) in [7, 11) is 0. The third kappa shape index (κ3) is 22.6. The molecule has 0 radical (unpaired) electrons. The van der Waals surface area contributed by atoms with Crippen molar-refractivity contribution >= 4 is 5.78 Å². The molecule has 0 saturated carbocycles. The van der Waals surface area contributed by atoms with Crippen molar-refractivity contribution in [3.05, 3.63) is 0 Å². The van der Waals surface area contributed by atoms with E-state index >= 15 is 0 Å². The number of unbranched alkanes of at least 4 members (excludes halogenated alkanes) is 1. The van der Waals surface area contributed by atoms with Crippen LogP contribution in [0.3, 0.4) is 0 Å². The smallest absolute Gasteiger partial charge is 0.129 e. The van der Waals surface area contributed by atoms with Crippen molar-refractivity contribution in [3.63, 3.8) is 0 Å². The summed E-state index contributed by atoms with van der Waals surface area (Å²) in [6, 6.07) is 0. The minimum atomic E-state index is 0.307. The lowest BCUT2D eigenvalue weighted by Gasteiger charge is -1.86. The van der Waals surface area contributed by atoms with Crippen LogP contribution in [0.2, 0.25) is 0 Å². The number of rotatable bonds is 5. The largest absolute Gasteiger partial charge is 0.330 e. The first kappa shape index (κ1) is 14.1. The molecule has 0 aromatic heterocycles. The van der Waals surface area contributed by atoms with E-state index in [0.717, 1.165) is 38.8 Å². The molecule has 12 heavy (non-hydrogen) atoms. The first-order chi connectivity index (χ1) is 5.68. The Morgan fingerprint density at radius 3 is 1.75 bits per heavy atom. The fourth-order valence-electron chi connectivity index (χ4n) is 0.544. The van der Waals surface area contributed by atoms with Gasteiger partial charge in [0.05, 0.1) is 0 Å². The standard InChI is InChI=1S/C6H12O.C3H10N2/c1-3-4-5-6(2)7;4-2-1-3-5/h3-5H2,1-2H3;1-5H2. The molecule has 0 saturated heterocycles. The molecule has 0 aromatic carbocycles. The summed E-state index contributed by atoms with van der Waals surface area (Å²) in [6.07, 6.45) is 3.88. The first-order valence-corrected chi connectivity index (χ1v) is 4.58.